The van der Waals surface area contributed by atoms with Crippen molar-refractivity contribution in [3.8, 4) is 0 Å². The Bertz CT molecular complexity index is 1230. The van der Waals surface area contributed by atoms with Crippen molar-refractivity contribution in [1.29, 1.82) is 0 Å². The molecule has 0 aliphatic carbocycles. The van der Waals surface area contributed by atoms with E-state index in [0.717, 1.165) is 29.6 Å². The van der Waals surface area contributed by atoms with Crippen LogP contribution in [-0.2, 0) is 20.6 Å². The van der Waals surface area contributed by atoms with E-state index in [1.165, 1.54) is 11.6 Å². The fraction of sp³-hybridized carbons (Fsp3) is 0.476. The fourth-order valence-corrected chi connectivity index (χ4v) is 4.94. The maximum atomic E-state index is 13.1. The Morgan fingerprint density at radius 2 is 1.73 bits per heavy atom. The molecule has 30 heavy (non-hydrogen) atoms. The third kappa shape index (κ3) is 3.54. The Balaban J connectivity index is 1.97. The van der Waals surface area contributed by atoms with Crippen molar-refractivity contribution in [2.24, 2.45) is 25.9 Å². The number of hydrogen-bond donors (Lipinski definition) is 0. The minimum Gasteiger partial charge on any atom is -0.342 e. The average Bonchev–Trinajstić information content (AvgIpc) is 3.05. The minimum absolute atomic E-state index is 0.356. The lowest BCUT2D eigenvalue weighted by Gasteiger charge is -2.35. The molecule has 3 aromatic rings. The van der Waals surface area contributed by atoms with Gasteiger partial charge in [0.15, 0.2) is 11.2 Å². The summed E-state index contributed by atoms with van der Waals surface area (Å²) in [6, 6.07) is 5.32. The zero-order valence-corrected chi connectivity index (χ0v) is 19.0. The van der Waals surface area contributed by atoms with E-state index in [1.807, 2.05) is 10.6 Å². The molecule has 1 saturated heterocycles. The molecule has 7 nitrogen and oxygen atoms in total. The lowest BCUT2D eigenvalue weighted by molar-refractivity contribution is 0.352. The first-order chi connectivity index (χ1) is 14.2. The van der Waals surface area contributed by atoms with Gasteiger partial charge < -0.3 is 4.90 Å². The Morgan fingerprint density at radius 3 is 2.37 bits per heavy atom. The molecule has 1 aliphatic rings. The van der Waals surface area contributed by atoms with Crippen molar-refractivity contribution in [2.45, 2.75) is 26.8 Å². The van der Waals surface area contributed by atoms with E-state index >= 15 is 0 Å². The molecule has 0 saturated carbocycles. The predicted molar refractivity (Wildman–Crippen MR) is 121 cm³/mol. The molecule has 0 N–H and O–H groups in total. The number of aromatic nitrogens is 4. The monoisotopic (exact) mass is 449 g/mol. The SMILES string of the molecule is C[C@@H]1C[C@H](C)CN(c2nc3c(c(=O)n(C)c(=O)n3C)n2Cc2ccc(Cl)cc2Cl)C1. The highest BCUT2D eigenvalue weighted by atomic mass is 35.5. The molecular weight excluding hydrogens is 425 g/mol. The van der Waals surface area contributed by atoms with E-state index in [-0.39, 0.29) is 5.56 Å². The summed E-state index contributed by atoms with van der Waals surface area (Å²) in [5.41, 5.74) is 0.847. The first kappa shape index (κ1) is 21.0. The zero-order chi connectivity index (χ0) is 21.7. The summed E-state index contributed by atoms with van der Waals surface area (Å²) in [7, 11) is 3.13. The van der Waals surface area contributed by atoms with Gasteiger partial charge in [-0.2, -0.15) is 4.98 Å². The van der Waals surface area contributed by atoms with E-state index in [1.54, 1.807) is 19.2 Å². The molecule has 0 spiro atoms. The maximum Gasteiger partial charge on any atom is 0.332 e. The van der Waals surface area contributed by atoms with Gasteiger partial charge in [-0.15, -0.1) is 0 Å². The lowest BCUT2D eigenvalue weighted by atomic mass is 9.92. The van der Waals surface area contributed by atoms with Crippen LogP contribution in [0.5, 0.6) is 0 Å². The second-order valence-corrected chi connectivity index (χ2v) is 9.31. The molecule has 0 bridgehead atoms. The van der Waals surface area contributed by atoms with E-state index in [4.69, 9.17) is 28.2 Å². The van der Waals surface area contributed by atoms with Crippen LogP contribution < -0.4 is 16.1 Å². The number of rotatable bonds is 3. The zero-order valence-electron chi connectivity index (χ0n) is 17.5. The molecule has 1 aromatic carbocycles. The summed E-state index contributed by atoms with van der Waals surface area (Å²) in [5.74, 6) is 1.70. The lowest BCUT2D eigenvalue weighted by Crippen LogP contribution is -2.40. The standard InChI is InChI=1S/C21H25Cl2N5O2/c1-12-7-13(2)10-27(9-12)20-24-18-17(19(29)26(4)21(30)25(18)3)28(20)11-14-5-6-15(22)8-16(14)23/h5-6,8,12-13H,7,9-11H2,1-4H3/t12-,13+. The van der Waals surface area contributed by atoms with Gasteiger partial charge in [0.25, 0.3) is 5.56 Å². The number of nitrogens with zero attached hydrogens (tertiary/aromatic N) is 5. The third-order valence-electron chi connectivity index (χ3n) is 5.82. The summed E-state index contributed by atoms with van der Waals surface area (Å²) in [5, 5.41) is 1.08. The van der Waals surface area contributed by atoms with Gasteiger partial charge in [-0.05, 0) is 36.0 Å². The first-order valence-corrected chi connectivity index (χ1v) is 10.8. The summed E-state index contributed by atoms with van der Waals surface area (Å²) >= 11 is 12.5. The number of hydrogen-bond acceptors (Lipinski definition) is 4. The third-order valence-corrected chi connectivity index (χ3v) is 6.41. The van der Waals surface area contributed by atoms with Crippen LogP contribution >= 0.6 is 23.2 Å². The first-order valence-electron chi connectivity index (χ1n) is 10.0. The van der Waals surface area contributed by atoms with E-state index in [9.17, 15) is 9.59 Å². The van der Waals surface area contributed by atoms with Crippen molar-refractivity contribution >= 4 is 40.3 Å². The smallest absolute Gasteiger partial charge is 0.332 e. The summed E-state index contributed by atoms with van der Waals surface area (Å²) < 4.78 is 4.43. The number of piperidine rings is 1. The van der Waals surface area contributed by atoms with Crippen molar-refractivity contribution in [3.05, 3.63) is 54.6 Å². The number of imidazole rings is 1. The molecule has 160 valence electrons. The van der Waals surface area contributed by atoms with Crippen LogP contribution in [-0.4, -0.2) is 31.8 Å². The molecule has 2 aromatic heterocycles. The van der Waals surface area contributed by atoms with Crippen LogP contribution in [0.3, 0.4) is 0 Å². The number of benzene rings is 1. The summed E-state index contributed by atoms with van der Waals surface area (Å²) in [6.45, 7) is 6.49. The van der Waals surface area contributed by atoms with Crippen molar-refractivity contribution in [2.75, 3.05) is 18.0 Å². The molecule has 0 unspecified atom stereocenters. The predicted octanol–water partition coefficient (Wildman–Crippen LogP) is 3.27. The van der Waals surface area contributed by atoms with Gasteiger partial charge in [0, 0.05) is 37.2 Å². The molecule has 3 heterocycles. The van der Waals surface area contributed by atoms with Crippen molar-refractivity contribution in [1.82, 2.24) is 18.7 Å². The van der Waals surface area contributed by atoms with E-state index in [2.05, 4.69) is 18.7 Å². The van der Waals surface area contributed by atoms with Gasteiger partial charge in [-0.1, -0.05) is 43.1 Å². The van der Waals surface area contributed by atoms with Gasteiger partial charge in [-0.3, -0.25) is 18.5 Å². The number of fused-ring (bicyclic) bond motifs is 1. The van der Waals surface area contributed by atoms with Gasteiger partial charge >= 0.3 is 5.69 Å². The van der Waals surface area contributed by atoms with Crippen LogP contribution in [0.4, 0.5) is 5.95 Å². The Kier molecular flexibility index (Phi) is 5.45. The molecule has 1 fully saturated rings. The Labute approximate surface area is 184 Å². The second kappa shape index (κ2) is 7.78. The Morgan fingerprint density at radius 1 is 1.07 bits per heavy atom. The van der Waals surface area contributed by atoms with Crippen LogP contribution in [0.1, 0.15) is 25.8 Å². The highest BCUT2D eigenvalue weighted by Gasteiger charge is 2.28. The minimum atomic E-state index is -0.395. The molecule has 0 amide bonds. The Hall–Kier alpha value is -2.25. The van der Waals surface area contributed by atoms with Crippen LogP contribution in [0, 0.1) is 11.8 Å². The number of halogens is 2. The highest BCUT2D eigenvalue weighted by molar-refractivity contribution is 6.35. The molecule has 1 aliphatic heterocycles. The molecule has 9 heteroatoms. The van der Waals surface area contributed by atoms with E-state index < -0.39 is 5.69 Å². The average molecular weight is 450 g/mol. The normalized spacial score (nSPS) is 19.6. The van der Waals surface area contributed by atoms with Gasteiger partial charge in [0.05, 0.1) is 6.54 Å². The van der Waals surface area contributed by atoms with Crippen molar-refractivity contribution < 1.29 is 0 Å². The quantitative estimate of drug-likeness (QED) is 0.615. The van der Waals surface area contributed by atoms with E-state index in [0.29, 0.717) is 45.5 Å². The van der Waals surface area contributed by atoms with Crippen molar-refractivity contribution in [3.63, 3.8) is 0 Å². The molecular formula is C21H25Cl2N5O2. The number of aryl methyl sites for hydroxylation is 1. The van der Waals surface area contributed by atoms with Gasteiger partial charge in [0.1, 0.15) is 0 Å². The largest absolute Gasteiger partial charge is 0.342 e. The second-order valence-electron chi connectivity index (χ2n) is 8.46. The fourth-order valence-electron chi connectivity index (χ4n) is 4.47. The molecule has 2 atom stereocenters. The van der Waals surface area contributed by atoms with Gasteiger partial charge in [-0.25, -0.2) is 4.79 Å². The van der Waals surface area contributed by atoms with Crippen LogP contribution in [0.2, 0.25) is 10.0 Å². The maximum absolute atomic E-state index is 13.1. The summed E-state index contributed by atoms with van der Waals surface area (Å²) in [4.78, 5) is 32.6. The topological polar surface area (TPSA) is 65.1 Å². The van der Waals surface area contributed by atoms with Gasteiger partial charge in [0.2, 0.25) is 5.95 Å². The summed E-state index contributed by atoms with van der Waals surface area (Å²) in [6.07, 6.45) is 1.15. The van der Waals surface area contributed by atoms with Crippen LogP contribution in [0.25, 0.3) is 11.2 Å². The highest BCUT2D eigenvalue weighted by Crippen LogP contribution is 2.30. The molecule has 4 rings (SSSR count). The number of anilines is 1. The molecule has 0 radical (unpaired) electrons. The van der Waals surface area contributed by atoms with Crippen LogP contribution in [0.15, 0.2) is 27.8 Å².